The number of hydrogen-bond acceptors (Lipinski definition) is 3. The number of ether oxygens (including phenoxy) is 1. The second-order valence-electron chi connectivity index (χ2n) is 4.21. The van der Waals surface area contributed by atoms with Crippen LogP contribution in [0.4, 0.5) is 0 Å². The summed E-state index contributed by atoms with van der Waals surface area (Å²) >= 11 is 7.68. The van der Waals surface area contributed by atoms with Crippen LogP contribution in [-0.4, -0.2) is 19.3 Å². The van der Waals surface area contributed by atoms with Crippen molar-refractivity contribution in [1.82, 2.24) is 5.32 Å². The van der Waals surface area contributed by atoms with E-state index in [9.17, 15) is 0 Å². The maximum Gasteiger partial charge on any atom is 0.0931 e. The van der Waals surface area contributed by atoms with Gasteiger partial charge in [0, 0.05) is 23.4 Å². The Hall–Kier alpha value is -0.0900. The van der Waals surface area contributed by atoms with Crippen molar-refractivity contribution in [3.8, 4) is 0 Å². The van der Waals surface area contributed by atoms with Gasteiger partial charge in [0.05, 0.1) is 10.4 Å². The van der Waals surface area contributed by atoms with Crippen LogP contribution in [-0.2, 0) is 4.74 Å². The number of hydrogen-bond donors (Lipinski definition) is 1. The van der Waals surface area contributed by atoms with Gasteiger partial charge in [-0.25, -0.2) is 0 Å². The quantitative estimate of drug-likeness (QED) is 0.894. The average Bonchev–Trinajstić information content (AvgIpc) is 2.84. The van der Waals surface area contributed by atoms with E-state index in [-0.39, 0.29) is 0 Å². The van der Waals surface area contributed by atoms with Gasteiger partial charge in [-0.05, 0) is 32.0 Å². The van der Waals surface area contributed by atoms with E-state index < -0.39 is 0 Å². The Balaban J connectivity index is 2.16. The molecule has 1 fully saturated rings. The smallest absolute Gasteiger partial charge is 0.0931 e. The van der Waals surface area contributed by atoms with Crippen LogP contribution in [0, 0.1) is 5.92 Å². The number of rotatable bonds is 4. The van der Waals surface area contributed by atoms with Gasteiger partial charge in [0.2, 0.25) is 0 Å². The molecule has 3 unspecified atom stereocenters. The molecular weight excluding hydrogens is 242 g/mol. The second-order valence-corrected chi connectivity index (χ2v) is 5.95. The Bertz CT molecular complexity index is 342. The molecule has 16 heavy (non-hydrogen) atoms. The highest BCUT2D eigenvalue weighted by atomic mass is 35.5. The third-order valence-electron chi connectivity index (χ3n) is 3.19. The molecule has 0 spiro atoms. The second kappa shape index (κ2) is 5.50. The Morgan fingerprint density at radius 3 is 2.94 bits per heavy atom. The SMILES string of the molecule is CCNC(c1ccc(Cl)s1)C1CCOC1C. The van der Waals surface area contributed by atoms with Gasteiger partial charge >= 0.3 is 0 Å². The predicted molar refractivity (Wildman–Crippen MR) is 69.3 cm³/mol. The molecule has 0 amide bonds. The minimum Gasteiger partial charge on any atom is -0.378 e. The summed E-state index contributed by atoms with van der Waals surface area (Å²) in [6.45, 7) is 6.16. The van der Waals surface area contributed by atoms with Crippen molar-refractivity contribution in [2.24, 2.45) is 5.92 Å². The highest BCUT2D eigenvalue weighted by Gasteiger charge is 2.33. The highest BCUT2D eigenvalue weighted by molar-refractivity contribution is 7.16. The van der Waals surface area contributed by atoms with Crippen molar-refractivity contribution >= 4 is 22.9 Å². The summed E-state index contributed by atoms with van der Waals surface area (Å²) in [6, 6.07) is 4.50. The molecule has 2 heterocycles. The van der Waals surface area contributed by atoms with E-state index in [2.05, 4.69) is 25.2 Å². The maximum atomic E-state index is 6.01. The average molecular weight is 260 g/mol. The fourth-order valence-corrected chi connectivity index (χ4v) is 3.58. The van der Waals surface area contributed by atoms with Crippen molar-refractivity contribution in [1.29, 1.82) is 0 Å². The van der Waals surface area contributed by atoms with Gasteiger partial charge in [0.15, 0.2) is 0 Å². The van der Waals surface area contributed by atoms with E-state index in [0.717, 1.165) is 23.9 Å². The summed E-state index contributed by atoms with van der Waals surface area (Å²) in [6.07, 6.45) is 1.47. The molecule has 1 N–H and O–H groups in total. The molecule has 1 aromatic heterocycles. The lowest BCUT2D eigenvalue weighted by atomic mass is 9.92. The van der Waals surface area contributed by atoms with E-state index in [0.29, 0.717) is 18.1 Å². The zero-order valence-electron chi connectivity index (χ0n) is 9.70. The molecule has 1 aliphatic rings. The largest absolute Gasteiger partial charge is 0.378 e. The molecule has 3 atom stereocenters. The van der Waals surface area contributed by atoms with Crippen LogP contribution in [0.3, 0.4) is 0 Å². The molecule has 0 aromatic carbocycles. The lowest BCUT2D eigenvalue weighted by Gasteiger charge is -2.25. The summed E-state index contributed by atoms with van der Waals surface area (Å²) in [4.78, 5) is 1.33. The summed E-state index contributed by atoms with van der Waals surface area (Å²) in [5.74, 6) is 0.565. The molecule has 0 radical (unpaired) electrons. The molecule has 1 saturated heterocycles. The van der Waals surface area contributed by atoms with Gasteiger partial charge < -0.3 is 10.1 Å². The monoisotopic (exact) mass is 259 g/mol. The Labute approximate surface area is 106 Å². The normalized spacial score (nSPS) is 27.2. The van der Waals surface area contributed by atoms with Gasteiger partial charge in [-0.2, -0.15) is 0 Å². The zero-order valence-corrected chi connectivity index (χ0v) is 11.3. The third-order valence-corrected chi connectivity index (χ3v) is 4.50. The molecule has 0 aliphatic carbocycles. The van der Waals surface area contributed by atoms with E-state index in [1.807, 2.05) is 6.07 Å². The van der Waals surface area contributed by atoms with Gasteiger partial charge in [-0.15, -0.1) is 11.3 Å². The standard InChI is InChI=1S/C12H18ClNOS/c1-3-14-12(9-6-7-15-8(9)2)10-4-5-11(13)16-10/h4-5,8-9,12,14H,3,6-7H2,1-2H3. The van der Waals surface area contributed by atoms with E-state index in [1.54, 1.807) is 11.3 Å². The minimum atomic E-state index is 0.338. The highest BCUT2D eigenvalue weighted by Crippen LogP contribution is 2.37. The van der Waals surface area contributed by atoms with E-state index >= 15 is 0 Å². The molecule has 1 aliphatic heterocycles. The van der Waals surface area contributed by atoms with Gasteiger partial charge in [0.25, 0.3) is 0 Å². The fraction of sp³-hybridized carbons (Fsp3) is 0.667. The fourth-order valence-electron chi connectivity index (χ4n) is 2.36. The third kappa shape index (κ3) is 2.59. The van der Waals surface area contributed by atoms with Crippen LogP contribution in [0.5, 0.6) is 0 Å². The molecule has 0 saturated carbocycles. The molecule has 4 heteroatoms. The van der Waals surface area contributed by atoms with Crippen molar-refractivity contribution in [3.05, 3.63) is 21.3 Å². The van der Waals surface area contributed by atoms with E-state index in [1.165, 1.54) is 4.88 Å². The lowest BCUT2D eigenvalue weighted by Crippen LogP contribution is -2.31. The topological polar surface area (TPSA) is 21.3 Å². The van der Waals surface area contributed by atoms with Crippen molar-refractivity contribution in [2.45, 2.75) is 32.4 Å². The summed E-state index contributed by atoms with van der Waals surface area (Å²) in [5.41, 5.74) is 0. The molecular formula is C12H18ClNOS. The van der Waals surface area contributed by atoms with Crippen LogP contribution >= 0.6 is 22.9 Å². The maximum absolute atomic E-state index is 6.01. The van der Waals surface area contributed by atoms with Gasteiger partial charge in [0.1, 0.15) is 0 Å². The molecule has 2 nitrogen and oxygen atoms in total. The number of thiophene rings is 1. The Morgan fingerprint density at radius 2 is 2.44 bits per heavy atom. The zero-order chi connectivity index (χ0) is 11.5. The number of nitrogens with one attached hydrogen (secondary N) is 1. The first-order valence-electron chi connectivity index (χ1n) is 5.82. The first-order valence-corrected chi connectivity index (χ1v) is 7.02. The lowest BCUT2D eigenvalue weighted by molar-refractivity contribution is 0.0960. The molecule has 1 aromatic rings. The van der Waals surface area contributed by atoms with Crippen LogP contribution < -0.4 is 5.32 Å². The van der Waals surface area contributed by atoms with Crippen LogP contribution in [0.1, 0.15) is 31.2 Å². The Kier molecular flexibility index (Phi) is 4.25. The summed E-state index contributed by atoms with van der Waals surface area (Å²) in [5, 5.41) is 3.56. The predicted octanol–water partition coefficient (Wildman–Crippen LogP) is 3.48. The first-order chi connectivity index (χ1) is 7.72. The van der Waals surface area contributed by atoms with Crippen molar-refractivity contribution in [2.75, 3.05) is 13.2 Å². The van der Waals surface area contributed by atoms with Crippen LogP contribution in [0.15, 0.2) is 12.1 Å². The molecule has 90 valence electrons. The first kappa shape index (κ1) is 12.4. The Morgan fingerprint density at radius 1 is 1.62 bits per heavy atom. The molecule has 0 bridgehead atoms. The van der Waals surface area contributed by atoms with Crippen LogP contribution in [0.2, 0.25) is 4.34 Å². The van der Waals surface area contributed by atoms with E-state index in [4.69, 9.17) is 16.3 Å². The number of halogens is 1. The minimum absolute atomic E-state index is 0.338. The van der Waals surface area contributed by atoms with Gasteiger partial charge in [-0.3, -0.25) is 0 Å². The van der Waals surface area contributed by atoms with Gasteiger partial charge in [-0.1, -0.05) is 18.5 Å². The van der Waals surface area contributed by atoms with Crippen molar-refractivity contribution in [3.63, 3.8) is 0 Å². The van der Waals surface area contributed by atoms with Crippen LogP contribution in [0.25, 0.3) is 0 Å². The molecule has 2 rings (SSSR count). The summed E-state index contributed by atoms with van der Waals surface area (Å²) in [7, 11) is 0. The van der Waals surface area contributed by atoms with Crippen molar-refractivity contribution < 1.29 is 4.74 Å². The summed E-state index contributed by atoms with van der Waals surface area (Å²) < 4.78 is 6.52.